The molecule has 0 aliphatic heterocycles. The lowest BCUT2D eigenvalue weighted by Crippen LogP contribution is -1.87. The number of hydrogen-bond donors (Lipinski definition) is 1. The van der Waals surface area contributed by atoms with Gasteiger partial charge in [-0.2, -0.15) is 0 Å². The van der Waals surface area contributed by atoms with Crippen molar-refractivity contribution in [2.24, 2.45) is 5.92 Å². The van der Waals surface area contributed by atoms with Crippen molar-refractivity contribution in [1.82, 2.24) is 0 Å². The maximum Gasteiger partial charge on any atom is 0.0177 e. The van der Waals surface area contributed by atoms with Gasteiger partial charge in [-0.3, -0.25) is 0 Å². The fourth-order valence-corrected chi connectivity index (χ4v) is 0.742. The van der Waals surface area contributed by atoms with Crippen LogP contribution in [0.4, 0.5) is 0 Å². The van der Waals surface area contributed by atoms with Crippen LogP contribution in [0.15, 0.2) is 11.6 Å². The van der Waals surface area contributed by atoms with Crippen LogP contribution in [0.1, 0.15) is 33.6 Å². The first-order chi connectivity index (χ1) is 4.66. The molecule has 10 heavy (non-hydrogen) atoms. The SMILES string of the molecule is C/C(=C/C=N)CCC(C)C. The lowest BCUT2D eigenvalue weighted by Gasteiger charge is -2.02. The molecule has 0 saturated carbocycles. The highest BCUT2D eigenvalue weighted by Crippen LogP contribution is 2.09. The van der Waals surface area contributed by atoms with E-state index >= 15 is 0 Å². The summed E-state index contributed by atoms with van der Waals surface area (Å²) in [5, 5.41) is 6.82. The summed E-state index contributed by atoms with van der Waals surface area (Å²) in [4.78, 5) is 0. The number of allylic oxidation sites excluding steroid dienone is 2. The van der Waals surface area contributed by atoms with Gasteiger partial charge in [0.05, 0.1) is 0 Å². The molecule has 0 aromatic carbocycles. The van der Waals surface area contributed by atoms with Crippen LogP contribution in [0.3, 0.4) is 0 Å². The Hall–Kier alpha value is -0.590. The molecule has 0 aliphatic carbocycles. The van der Waals surface area contributed by atoms with Crippen molar-refractivity contribution in [2.45, 2.75) is 33.6 Å². The lowest BCUT2D eigenvalue weighted by atomic mass is 10.0. The van der Waals surface area contributed by atoms with Crippen molar-refractivity contribution in [3.63, 3.8) is 0 Å². The van der Waals surface area contributed by atoms with Crippen LogP contribution in [0.2, 0.25) is 0 Å². The summed E-state index contributed by atoms with van der Waals surface area (Å²) in [6, 6.07) is 0. The van der Waals surface area contributed by atoms with Crippen molar-refractivity contribution >= 4 is 6.21 Å². The summed E-state index contributed by atoms with van der Waals surface area (Å²) in [5.41, 5.74) is 1.31. The normalized spacial score (nSPS) is 12.2. The maximum atomic E-state index is 6.82. The molecular weight excluding hydrogens is 122 g/mol. The molecule has 0 aromatic rings. The van der Waals surface area contributed by atoms with Gasteiger partial charge in [-0.1, -0.05) is 19.4 Å². The third-order valence-electron chi connectivity index (χ3n) is 1.48. The van der Waals surface area contributed by atoms with E-state index in [0.29, 0.717) is 0 Å². The summed E-state index contributed by atoms with van der Waals surface area (Å²) in [6.45, 7) is 6.52. The van der Waals surface area contributed by atoms with Gasteiger partial charge in [0.15, 0.2) is 0 Å². The van der Waals surface area contributed by atoms with Crippen LogP contribution in [0.25, 0.3) is 0 Å². The first-order valence-electron chi connectivity index (χ1n) is 3.83. The van der Waals surface area contributed by atoms with E-state index in [9.17, 15) is 0 Å². The smallest absolute Gasteiger partial charge is 0.0177 e. The van der Waals surface area contributed by atoms with E-state index in [-0.39, 0.29) is 0 Å². The largest absolute Gasteiger partial charge is 0.309 e. The quantitative estimate of drug-likeness (QED) is 0.579. The molecule has 1 heteroatoms. The highest BCUT2D eigenvalue weighted by molar-refractivity contribution is 5.68. The van der Waals surface area contributed by atoms with Gasteiger partial charge in [0, 0.05) is 6.21 Å². The molecule has 58 valence electrons. The standard InChI is InChI=1S/C9H17N/c1-8(2)4-5-9(3)6-7-10/h6-8,10H,4-5H2,1-3H3/b9-6-,10-7?. The topological polar surface area (TPSA) is 23.9 Å². The van der Waals surface area contributed by atoms with E-state index in [4.69, 9.17) is 5.41 Å². The molecule has 0 spiro atoms. The van der Waals surface area contributed by atoms with E-state index in [1.54, 1.807) is 0 Å². The minimum Gasteiger partial charge on any atom is -0.309 e. The molecule has 1 N–H and O–H groups in total. The van der Waals surface area contributed by atoms with Gasteiger partial charge < -0.3 is 5.41 Å². The Kier molecular flexibility index (Phi) is 4.91. The van der Waals surface area contributed by atoms with Crippen molar-refractivity contribution in [3.8, 4) is 0 Å². The number of hydrogen-bond acceptors (Lipinski definition) is 1. The molecule has 0 aliphatic rings. The molecular formula is C9H17N. The summed E-state index contributed by atoms with van der Waals surface area (Å²) in [6.07, 6.45) is 5.58. The summed E-state index contributed by atoms with van der Waals surface area (Å²) >= 11 is 0. The van der Waals surface area contributed by atoms with Gasteiger partial charge in [-0.15, -0.1) is 0 Å². The van der Waals surface area contributed by atoms with E-state index in [1.807, 2.05) is 6.08 Å². The Morgan fingerprint density at radius 3 is 2.50 bits per heavy atom. The minimum atomic E-state index is 0.772. The molecule has 0 aromatic heterocycles. The average molecular weight is 139 g/mol. The third kappa shape index (κ3) is 5.54. The van der Waals surface area contributed by atoms with E-state index in [0.717, 1.165) is 12.3 Å². The lowest BCUT2D eigenvalue weighted by molar-refractivity contribution is 0.585. The monoisotopic (exact) mass is 139 g/mol. The maximum absolute atomic E-state index is 6.82. The molecule has 0 heterocycles. The zero-order valence-corrected chi connectivity index (χ0v) is 7.15. The summed E-state index contributed by atoms with van der Waals surface area (Å²) < 4.78 is 0. The van der Waals surface area contributed by atoms with Crippen molar-refractivity contribution < 1.29 is 0 Å². The Bertz CT molecular complexity index is 123. The fourth-order valence-electron chi connectivity index (χ4n) is 0.742. The Morgan fingerprint density at radius 2 is 2.10 bits per heavy atom. The van der Waals surface area contributed by atoms with Crippen LogP contribution in [-0.4, -0.2) is 6.21 Å². The molecule has 0 atom stereocenters. The highest BCUT2D eigenvalue weighted by Gasteiger charge is 1.93. The Balaban J connectivity index is 3.48. The van der Waals surface area contributed by atoms with Gasteiger partial charge in [0.25, 0.3) is 0 Å². The Labute approximate surface area is 63.7 Å². The third-order valence-corrected chi connectivity index (χ3v) is 1.48. The van der Waals surface area contributed by atoms with Gasteiger partial charge in [-0.05, 0) is 31.8 Å². The first kappa shape index (κ1) is 9.41. The second-order valence-electron chi connectivity index (χ2n) is 3.11. The number of rotatable bonds is 4. The van der Waals surface area contributed by atoms with Crippen molar-refractivity contribution in [2.75, 3.05) is 0 Å². The zero-order chi connectivity index (χ0) is 7.98. The van der Waals surface area contributed by atoms with Gasteiger partial charge in [0.2, 0.25) is 0 Å². The van der Waals surface area contributed by atoms with Gasteiger partial charge >= 0.3 is 0 Å². The highest BCUT2D eigenvalue weighted by atomic mass is 14.3. The molecule has 1 nitrogen and oxygen atoms in total. The second-order valence-corrected chi connectivity index (χ2v) is 3.11. The van der Waals surface area contributed by atoms with Crippen LogP contribution < -0.4 is 0 Å². The molecule has 0 fully saturated rings. The fraction of sp³-hybridized carbons (Fsp3) is 0.667. The molecule has 0 unspecified atom stereocenters. The molecule has 0 saturated heterocycles. The molecule has 0 rings (SSSR count). The van der Waals surface area contributed by atoms with E-state index in [1.165, 1.54) is 18.2 Å². The van der Waals surface area contributed by atoms with Crippen molar-refractivity contribution in [3.05, 3.63) is 11.6 Å². The van der Waals surface area contributed by atoms with Crippen LogP contribution in [-0.2, 0) is 0 Å². The van der Waals surface area contributed by atoms with Crippen LogP contribution in [0, 0.1) is 11.3 Å². The summed E-state index contributed by atoms with van der Waals surface area (Å²) in [5.74, 6) is 0.772. The van der Waals surface area contributed by atoms with Crippen LogP contribution in [0.5, 0.6) is 0 Å². The predicted octanol–water partition coefficient (Wildman–Crippen LogP) is 3.02. The minimum absolute atomic E-state index is 0.772. The molecule has 0 amide bonds. The average Bonchev–Trinajstić information content (AvgIpc) is 1.85. The van der Waals surface area contributed by atoms with Crippen molar-refractivity contribution in [1.29, 1.82) is 5.41 Å². The number of nitrogens with one attached hydrogen (secondary N) is 1. The molecule has 0 radical (unpaired) electrons. The van der Waals surface area contributed by atoms with E-state index < -0.39 is 0 Å². The van der Waals surface area contributed by atoms with E-state index in [2.05, 4.69) is 20.8 Å². The van der Waals surface area contributed by atoms with Gasteiger partial charge in [0.1, 0.15) is 0 Å². The Morgan fingerprint density at radius 1 is 1.50 bits per heavy atom. The predicted molar refractivity (Wildman–Crippen MR) is 46.6 cm³/mol. The zero-order valence-electron chi connectivity index (χ0n) is 7.15. The van der Waals surface area contributed by atoms with Gasteiger partial charge in [-0.25, -0.2) is 0 Å². The second kappa shape index (κ2) is 5.21. The summed E-state index contributed by atoms with van der Waals surface area (Å²) in [7, 11) is 0. The first-order valence-corrected chi connectivity index (χ1v) is 3.83. The van der Waals surface area contributed by atoms with Crippen LogP contribution >= 0.6 is 0 Å². The molecule has 0 bridgehead atoms.